The van der Waals surface area contributed by atoms with E-state index in [0.29, 0.717) is 17.2 Å². The molecule has 0 N–H and O–H groups in total. The summed E-state index contributed by atoms with van der Waals surface area (Å²) in [6.45, 7) is 10.3. The zero-order valence-electron chi connectivity index (χ0n) is 18.3. The predicted octanol–water partition coefficient (Wildman–Crippen LogP) is 4.76. The minimum atomic E-state index is 0.112. The number of likely N-dealkylation sites (tertiary alicyclic amines) is 2. The molecule has 1 aromatic heterocycles. The Morgan fingerprint density at radius 3 is 2.31 bits per heavy atom. The molecule has 4 rings (SSSR count). The summed E-state index contributed by atoms with van der Waals surface area (Å²) < 4.78 is 0. The monoisotopic (exact) mass is 416 g/mol. The number of hydrogen-bond acceptors (Lipinski definition) is 3. The van der Waals surface area contributed by atoms with Gasteiger partial charge in [0.1, 0.15) is 0 Å². The van der Waals surface area contributed by atoms with Crippen LogP contribution in [0, 0.1) is 17.3 Å². The average molecular weight is 417 g/mol. The first kappa shape index (κ1) is 20.9. The third-order valence-corrected chi connectivity index (χ3v) is 8.54. The van der Waals surface area contributed by atoms with Gasteiger partial charge in [-0.1, -0.05) is 20.8 Å². The fraction of sp³-hybridized carbons (Fsp3) is 0.750. The maximum absolute atomic E-state index is 13.1. The standard InChI is InChI=1S/C24H36N2O2S/c1-24(2,3)19-7-8-20-18(15-19)16-21(29-20)23(28)26-13-9-17(10-14-26)22(27)25-11-5-4-6-12-25/h16-17,19H,4-15H2,1-3H3. The van der Waals surface area contributed by atoms with Crippen molar-refractivity contribution in [1.82, 2.24) is 9.80 Å². The molecule has 4 nitrogen and oxygen atoms in total. The Morgan fingerprint density at radius 2 is 1.66 bits per heavy atom. The van der Waals surface area contributed by atoms with Gasteiger partial charge in [-0.05, 0) is 74.3 Å². The molecule has 1 atom stereocenters. The van der Waals surface area contributed by atoms with Crippen molar-refractivity contribution in [2.45, 2.75) is 72.1 Å². The summed E-state index contributed by atoms with van der Waals surface area (Å²) in [5.41, 5.74) is 1.73. The molecule has 5 heteroatoms. The molecular formula is C24H36N2O2S. The van der Waals surface area contributed by atoms with Crippen molar-refractivity contribution >= 4 is 23.2 Å². The third-order valence-electron chi connectivity index (χ3n) is 7.32. The van der Waals surface area contributed by atoms with E-state index in [0.717, 1.165) is 69.6 Å². The lowest BCUT2D eigenvalue weighted by Gasteiger charge is -2.35. The molecule has 0 aromatic carbocycles. The van der Waals surface area contributed by atoms with Gasteiger partial charge in [0.25, 0.3) is 5.91 Å². The molecule has 3 heterocycles. The van der Waals surface area contributed by atoms with Crippen LogP contribution in [0.15, 0.2) is 6.07 Å². The summed E-state index contributed by atoms with van der Waals surface area (Å²) in [4.78, 5) is 32.3. The number of fused-ring (bicyclic) bond motifs is 1. The molecule has 1 aliphatic carbocycles. The van der Waals surface area contributed by atoms with Crippen molar-refractivity contribution < 1.29 is 9.59 Å². The van der Waals surface area contributed by atoms with Gasteiger partial charge in [0.2, 0.25) is 5.91 Å². The first-order valence-corrected chi connectivity index (χ1v) is 12.3. The number of amides is 2. The van der Waals surface area contributed by atoms with E-state index in [4.69, 9.17) is 0 Å². The zero-order valence-corrected chi connectivity index (χ0v) is 19.2. The number of hydrogen-bond donors (Lipinski definition) is 0. The Morgan fingerprint density at radius 1 is 0.966 bits per heavy atom. The molecule has 0 bridgehead atoms. The van der Waals surface area contributed by atoms with Crippen molar-refractivity contribution in [1.29, 1.82) is 0 Å². The molecule has 2 saturated heterocycles. The summed E-state index contributed by atoms with van der Waals surface area (Å²) >= 11 is 1.71. The van der Waals surface area contributed by atoms with Crippen molar-refractivity contribution in [3.8, 4) is 0 Å². The second-order valence-corrected chi connectivity index (χ2v) is 11.5. The van der Waals surface area contributed by atoms with Crippen molar-refractivity contribution in [2.24, 2.45) is 17.3 Å². The highest BCUT2D eigenvalue weighted by molar-refractivity contribution is 7.14. The number of aryl methyl sites for hydroxylation is 1. The van der Waals surface area contributed by atoms with E-state index in [9.17, 15) is 9.59 Å². The molecule has 0 spiro atoms. The van der Waals surface area contributed by atoms with Gasteiger partial charge in [-0.15, -0.1) is 11.3 Å². The Kier molecular flexibility index (Phi) is 6.06. The average Bonchev–Trinajstić information content (AvgIpc) is 3.16. The molecule has 29 heavy (non-hydrogen) atoms. The van der Waals surface area contributed by atoms with Crippen LogP contribution in [0.1, 0.15) is 79.4 Å². The summed E-state index contributed by atoms with van der Waals surface area (Å²) in [5, 5.41) is 0. The Labute approximate surface area is 179 Å². The number of thiophene rings is 1. The minimum absolute atomic E-state index is 0.112. The van der Waals surface area contributed by atoms with Crippen LogP contribution in [0.25, 0.3) is 0 Å². The van der Waals surface area contributed by atoms with E-state index in [2.05, 4.69) is 31.7 Å². The lowest BCUT2D eigenvalue weighted by molar-refractivity contribution is -0.137. The molecule has 0 saturated carbocycles. The van der Waals surface area contributed by atoms with E-state index in [-0.39, 0.29) is 11.8 Å². The zero-order chi connectivity index (χ0) is 20.6. The summed E-state index contributed by atoms with van der Waals surface area (Å²) in [6, 6.07) is 2.17. The topological polar surface area (TPSA) is 40.6 Å². The second-order valence-electron chi connectivity index (χ2n) is 10.3. The lowest BCUT2D eigenvalue weighted by Crippen LogP contribution is -2.45. The van der Waals surface area contributed by atoms with Crippen LogP contribution in [0.5, 0.6) is 0 Å². The van der Waals surface area contributed by atoms with E-state index < -0.39 is 0 Å². The summed E-state index contributed by atoms with van der Waals surface area (Å²) in [5.74, 6) is 1.32. The molecule has 2 fully saturated rings. The maximum atomic E-state index is 13.1. The van der Waals surface area contributed by atoms with E-state index in [1.807, 2.05) is 4.90 Å². The Hall–Kier alpha value is -1.36. The maximum Gasteiger partial charge on any atom is 0.263 e. The third kappa shape index (κ3) is 4.55. The molecule has 2 aliphatic heterocycles. The van der Waals surface area contributed by atoms with E-state index >= 15 is 0 Å². The smallest absolute Gasteiger partial charge is 0.263 e. The quantitative estimate of drug-likeness (QED) is 0.697. The highest BCUT2D eigenvalue weighted by Crippen LogP contribution is 2.40. The number of carbonyl (C=O) groups excluding carboxylic acids is 2. The van der Waals surface area contributed by atoms with Crippen LogP contribution in [0.3, 0.4) is 0 Å². The first-order valence-electron chi connectivity index (χ1n) is 11.5. The van der Waals surface area contributed by atoms with Gasteiger partial charge in [0.15, 0.2) is 0 Å². The Balaban J connectivity index is 1.35. The largest absolute Gasteiger partial charge is 0.342 e. The fourth-order valence-corrected chi connectivity index (χ4v) is 6.40. The highest BCUT2D eigenvalue weighted by Gasteiger charge is 2.33. The fourth-order valence-electron chi connectivity index (χ4n) is 5.23. The van der Waals surface area contributed by atoms with Crippen LogP contribution < -0.4 is 0 Å². The van der Waals surface area contributed by atoms with Crippen LogP contribution >= 0.6 is 11.3 Å². The van der Waals surface area contributed by atoms with Crippen LogP contribution in [0.4, 0.5) is 0 Å². The van der Waals surface area contributed by atoms with Gasteiger partial charge in [-0.3, -0.25) is 9.59 Å². The van der Waals surface area contributed by atoms with Gasteiger partial charge in [-0.2, -0.15) is 0 Å². The second kappa shape index (κ2) is 8.41. The summed E-state index contributed by atoms with van der Waals surface area (Å²) in [6.07, 6.45) is 8.62. The highest BCUT2D eigenvalue weighted by atomic mass is 32.1. The molecule has 160 valence electrons. The first-order chi connectivity index (χ1) is 13.8. The SMILES string of the molecule is CC(C)(C)C1CCc2sc(C(=O)N3CCC(C(=O)N4CCCCC4)CC3)cc2C1. The van der Waals surface area contributed by atoms with Gasteiger partial charge in [-0.25, -0.2) is 0 Å². The van der Waals surface area contributed by atoms with Gasteiger partial charge in [0.05, 0.1) is 4.88 Å². The van der Waals surface area contributed by atoms with E-state index in [1.54, 1.807) is 11.3 Å². The molecule has 0 radical (unpaired) electrons. The minimum Gasteiger partial charge on any atom is -0.342 e. The van der Waals surface area contributed by atoms with Crippen molar-refractivity contribution in [3.05, 3.63) is 21.4 Å². The lowest BCUT2D eigenvalue weighted by atomic mass is 9.72. The van der Waals surface area contributed by atoms with Crippen LogP contribution in [0.2, 0.25) is 0 Å². The number of carbonyl (C=O) groups is 2. The predicted molar refractivity (Wildman–Crippen MR) is 118 cm³/mol. The Bertz CT molecular complexity index is 749. The van der Waals surface area contributed by atoms with Crippen LogP contribution in [-0.4, -0.2) is 47.8 Å². The number of rotatable bonds is 2. The summed E-state index contributed by atoms with van der Waals surface area (Å²) in [7, 11) is 0. The molecule has 2 amide bonds. The molecular weight excluding hydrogens is 380 g/mol. The van der Waals surface area contributed by atoms with Crippen molar-refractivity contribution in [2.75, 3.05) is 26.2 Å². The van der Waals surface area contributed by atoms with Crippen LogP contribution in [-0.2, 0) is 17.6 Å². The van der Waals surface area contributed by atoms with Gasteiger partial charge in [0, 0.05) is 37.0 Å². The van der Waals surface area contributed by atoms with Gasteiger partial charge < -0.3 is 9.80 Å². The molecule has 1 unspecified atom stereocenters. The molecule has 3 aliphatic rings. The van der Waals surface area contributed by atoms with E-state index in [1.165, 1.54) is 23.3 Å². The number of nitrogens with zero attached hydrogens (tertiary/aromatic N) is 2. The normalized spacial score (nSPS) is 23.8. The van der Waals surface area contributed by atoms with Gasteiger partial charge >= 0.3 is 0 Å². The molecule has 1 aromatic rings. The number of piperidine rings is 2. The van der Waals surface area contributed by atoms with Crippen molar-refractivity contribution in [3.63, 3.8) is 0 Å².